The van der Waals surface area contributed by atoms with Crippen LogP contribution in [0.1, 0.15) is 25.8 Å². The van der Waals surface area contributed by atoms with E-state index in [1.807, 2.05) is 18.2 Å². The number of nitrogens with zero attached hydrogens (tertiary/aromatic N) is 1. The second-order valence-electron chi connectivity index (χ2n) is 5.07. The van der Waals surface area contributed by atoms with Crippen LogP contribution in [-0.2, 0) is 6.54 Å². The lowest BCUT2D eigenvalue weighted by Crippen LogP contribution is -2.22. The van der Waals surface area contributed by atoms with E-state index in [1.165, 1.54) is 5.56 Å². The maximum Gasteiger partial charge on any atom is 0.144 e. The van der Waals surface area contributed by atoms with Crippen molar-refractivity contribution in [2.24, 2.45) is 0 Å². The third-order valence-electron chi connectivity index (χ3n) is 3.42. The Hall–Kier alpha value is -2.16. The average molecular weight is 284 g/mol. The minimum absolute atomic E-state index is 0.693. The van der Waals surface area contributed by atoms with Gasteiger partial charge in [0.05, 0.1) is 12.3 Å². The molecular weight excluding hydrogens is 260 g/mol. The summed E-state index contributed by atoms with van der Waals surface area (Å²) in [6.45, 7) is 6.76. The number of benzene rings is 2. The molecule has 2 aromatic carbocycles. The maximum atomic E-state index is 5.98. The van der Waals surface area contributed by atoms with Gasteiger partial charge in [0.25, 0.3) is 0 Å². The fraction of sp³-hybridized carbons (Fsp3) is 0.333. The molecule has 2 aromatic rings. The van der Waals surface area contributed by atoms with Gasteiger partial charge in [-0.25, -0.2) is 0 Å². The van der Waals surface area contributed by atoms with Gasteiger partial charge in [-0.15, -0.1) is 0 Å². The molecule has 3 heteroatoms. The maximum absolute atomic E-state index is 5.98. The fourth-order valence-electron chi connectivity index (χ4n) is 2.25. The average Bonchev–Trinajstić information content (AvgIpc) is 2.53. The number of hydrogen-bond acceptors (Lipinski definition) is 3. The van der Waals surface area contributed by atoms with Crippen LogP contribution in [0.2, 0.25) is 0 Å². The van der Waals surface area contributed by atoms with Crippen molar-refractivity contribution in [3.05, 3.63) is 54.1 Å². The Morgan fingerprint density at radius 2 is 1.81 bits per heavy atom. The molecule has 0 saturated carbocycles. The van der Waals surface area contributed by atoms with Crippen molar-refractivity contribution in [1.82, 2.24) is 0 Å². The summed E-state index contributed by atoms with van der Waals surface area (Å²) in [6, 6.07) is 16.5. The lowest BCUT2D eigenvalue weighted by Gasteiger charge is -2.24. The van der Waals surface area contributed by atoms with Crippen LogP contribution < -0.4 is 15.4 Å². The van der Waals surface area contributed by atoms with Gasteiger partial charge in [0.1, 0.15) is 5.75 Å². The summed E-state index contributed by atoms with van der Waals surface area (Å²) in [5.41, 5.74) is 9.12. The molecule has 0 radical (unpaired) electrons. The summed E-state index contributed by atoms with van der Waals surface area (Å²) in [6.07, 6.45) is 0.977. The van der Waals surface area contributed by atoms with E-state index in [0.29, 0.717) is 12.3 Å². The number of hydrogen-bond donors (Lipinski definition) is 1. The lowest BCUT2D eigenvalue weighted by atomic mass is 10.2. The van der Waals surface area contributed by atoms with E-state index in [1.54, 1.807) is 0 Å². The summed E-state index contributed by atoms with van der Waals surface area (Å²) in [5.74, 6) is 0.779. The van der Waals surface area contributed by atoms with Crippen LogP contribution in [-0.4, -0.2) is 13.2 Å². The molecule has 0 saturated heterocycles. The first-order valence-electron chi connectivity index (χ1n) is 7.55. The summed E-state index contributed by atoms with van der Waals surface area (Å²) in [4.78, 5) is 2.31. The van der Waals surface area contributed by atoms with Crippen LogP contribution in [0.15, 0.2) is 48.5 Å². The molecule has 2 N–H and O–H groups in total. The predicted octanol–water partition coefficient (Wildman–Crippen LogP) is 4.08. The van der Waals surface area contributed by atoms with E-state index in [9.17, 15) is 0 Å². The zero-order valence-corrected chi connectivity index (χ0v) is 12.9. The lowest BCUT2D eigenvalue weighted by molar-refractivity contribution is 0.319. The highest BCUT2D eigenvalue weighted by molar-refractivity contribution is 5.62. The van der Waals surface area contributed by atoms with Crippen molar-refractivity contribution in [3.63, 3.8) is 0 Å². The summed E-state index contributed by atoms with van der Waals surface area (Å²) in [7, 11) is 0. The molecule has 2 rings (SSSR count). The molecule has 0 aliphatic rings. The van der Waals surface area contributed by atoms with Gasteiger partial charge in [0.15, 0.2) is 0 Å². The Balaban J connectivity index is 2.17. The number of nitrogens with two attached hydrogens (primary N) is 1. The van der Waals surface area contributed by atoms with Crippen molar-refractivity contribution in [1.29, 1.82) is 0 Å². The summed E-state index contributed by atoms with van der Waals surface area (Å²) < 4.78 is 5.72. The molecule has 21 heavy (non-hydrogen) atoms. The minimum Gasteiger partial charge on any atom is -0.491 e. The molecule has 0 spiro atoms. The topological polar surface area (TPSA) is 38.5 Å². The summed E-state index contributed by atoms with van der Waals surface area (Å²) in [5, 5.41) is 0. The smallest absolute Gasteiger partial charge is 0.144 e. The molecule has 0 aliphatic carbocycles. The van der Waals surface area contributed by atoms with Gasteiger partial charge in [-0.05, 0) is 31.0 Å². The number of nitrogen functional groups attached to an aromatic ring is 1. The van der Waals surface area contributed by atoms with E-state index in [2.05, 4.69) is 49.1 Å². The molecule has 0 aromatic heterocycles. The summed E-state index contributed by atoms with van der Waals surface area (Å²) >= 11 is 0. The van der Waals surface area contributed by atoms with Gasteiger partial charge in [0, 0.05) is 24.8 Å². The van der Waals surface area contributed by atoms with Gasteiger partial charge >= 0.3 is 0 Å². The van der Waals surface area contributed by atoms with E-state index in [0.717, 1.165) is 30.9 Å². The minimum atomic E-state index is 0.693. The molecule has 112 valence electrons. The molecular formula is C18H24N2O. The van der Waals surface area contributed by atoms with Crippen LogP contribution in [0, 0.1) is 0 Å². The monoisotopic (exact) mass is 284 g/mol. The van der Waals surface area contributed by atoms with Gasteiger partial charge < -0.3 is 15.4 Å². The largest absolute Gasteiger partial charge is 0.491 e. The first kappa shape index (κ1) is 15.2. The van der Waals surface area contributed by atoms with E-state index in [4.69, 9.17) is 10.5 Å². The quantitative estimate of drug-likeness (QED) is 0.778. The van der Waals surface area contributed by atoms with Gasteiger partial charge in [-0.1, -0.05) is 37.3 Å². The first-order valence-corrected chi connectivity index (χ1v) is 7.55. The van der Waals surface area contributed by atoms with E-state index < -0.39 is 0 Å². The molecule has 0 atom stereocenters. The zero-order valence-electron chi connectivity index (χ0n) is 12.9. The SMILES string of the molecule is CCCOc1cc(N(CC)Cc2ccccc2)ccc1N. The highest BCUT2D eigenvalue weighted by Crippen LogP contribution is 2.28. The van der Waals surface area contributed by atoms with Crippen molar-refractivity contribution >= 4 is 11.4 Å². The zero-order chi connectivity index (χ0) is 15.1. The molecule has 0 aliphatic heterocycles. The molecule has 0 heterocycles. The second kappa shape index (κ2) is 7.58. The van der Waals surface area contributed by atoms with Crippen LogP contribution in [0.4, 0.5) is 11.4 Å². The Bertz CT molecular complexity index is 554. The second-order valence-corrected chi connectivity index (χ2v) is 5.07. The number of rotatable bonds is 7. The van der Waals surface area contributed by atoms with E-state index >= 15 is 0 Å². The van der Waals surface area contributed by atoms with Crippen LogP contribution in [0.3, 0.4) is 0 Å². The van der Waals surface area contributed by atoms with Crippen molar-refractivity contribution in [3.8, 4) is 5.75 Å². The van der Waals surface area contributed by atoms with Gasteiger partial charge in [-0.2, -0.15) is 0 Å². The van der Waals surface area contributed by atoms with Crippen LogP contribution in [0.25, 0.3) is 0 Å². The van der Waals surface area contributed by atoms with Crippen LogP contribution in [0.5, 0.6) is 5.75 Å². The number of anilines is 2. The fourth-order valence-corrected chi connectivity index (χ4v) is 2.25. The standard InChI is InChI=1S/C18H24N2O/c1-3-12-21-18-13-16(10-11-17(18)19)20(4-2)14-15-8-6-5-7-9-15/h5-11,13H,3-4,12,14,19H2,1-2H3. The van der Waals surface area contributed by atoms with Crippen molar-refractivity contribution in [2.45, 2.75) is 26.8 Å². The number of ether oxygens (including phenoxy) is 1. The highest BCUT2D eigenvalue weighted by atomic mass is 16.5. The first-order chi connectivity index (χ1) is 10.2. The molecule has 0 amide bonds. The molecule has 0 bridgehead atoms. The van der Waals surface area contributed by atoms with Gasteiger partial charge in [0.2, 0.25) is 0 Å². The van der Waals surface area contributed by atoms with Crippen molar-refractivity contribution < 1.29 is 4.74 Å². The molecule has 3 nitrogen and oxygen atoms in total. The predicted molar refractivity (Wildman–Crippen MR) is 89.8 cm³/mol. The Kier molecular flexibility index (Phi) is 5.50. The van der Waals surface area contributed by atoms with E-state index in [-0.39, 0.29) is 0 Å². The Morgan fingerprint density at radius 1 is 1.05 bits per heavy atom. The molecule has 0 fully saturated rings. The van der Waals surface area contributed by atoms with Crippen molar-refractivity contribution in [2.75, 3.05) is 23.8 Å². The molecule has 0 unspecified atom stereocenters. The van der Waals surface area contributed by atoms with Crippen LogP contribution >= 0.6 is 0 Å². The van der Waals surface area contributed by atoms with Gasteiger partial charge in [-0.3, -0.25) is 0 Å². The third-order valence-corrected chi connectivity index (χ3v) is 3.42. The Morgan fingerprint density at radius 3 is 2.48 bits per heavy atom. The highest BCUT2D eigenvalue weighted by Gasteiger charge is 2.09. The third kappa shape index (κ3) is 4.15. The Labute approximate surface area is 127 Å². The normalized spacial score (nSPS) is 10.4.